The van der Waals surface area contributed by atoms with Crippen LogP contribution in [-0.4, -0.2) is 18.1 Å². The van der Waals surface area contributed by atoms with Gasteiger partial charge in [-0.3, -0.25) is 4.98 Å². The SMILES string of the molecule is Clc1cccc(C(=CCCCNCCCCc2cccnc2)c2cccc(Cl)c2)c1. The van der Waals surface area contributed by atoms with Gasteiger partial charge in [0, 0.05) is 22.4 Å². The van der Waals surface area contributed by atoms with Crippen LogP contribution in [0.5, 0.6) is 0 Å². The molecule has 0 spiro atoms. The van der Waals surface area contributed by atoms with Crippen molar-refractivity contribution in [3.05, 3.63) is 106 Å². The number of benzene rings is 2. The third kappa shape index (κ3) is 7.60. The highest BCUT2D eigenvalue weighted by molar-refractivity contribution is 6.31. The van der Waals surface area contributed by atoms with E-state index in [0.29, 0.717) is 0 Å². The van der Waals surface area contributed by atoms with E-state index in [0.717, 1.165) is 53.5 Å². The molecule has 0 amide bonds. The molecule has 0 aliphatic heterocycles. The van der Waals surface area contributed by atoms with Gasteiger partial charge < -0.3 is 5.32 Å². The molecule has 30 heavy (non-hydrogen) atoms. The Hall–Kier alpha value is -2.13. The van der Waals surface area contributed by atoms with Crippen LogP contribution < -0.4 is 5.32 Å². The summed E-state index contributed by atoms with van der Waals surface area (Å²) in [7, 11) is 0. The second-order valence-corrected chi connectivity index (χ2v) is 8.22. The monoisotopic (exact) mass is 438 g/mol. The molecule has 2 aromatic carbocycles. The van der Waals surface area contributed by atoms with Crippen molar-refractivity contribution in [2.75, 3.05) is 13.1 Å². The van der Waals surface area contributed by atoms with Crippen molar-refractivity contribution in [1.82, 2.24) is 10.3 Å². The molecule has 0 atom stereocenters. The fourth-order valence-corrected chi connectivity index (χ4v) is 3.82. The maximum Gasteiger partial charge on any atom is 0.0412 e. The van der Waals surface area contributed by atoms with Crippen LogP contribution in [0, 0.1) is 0 Å². The summed E-state index contributed by atoms with van der Waals surface area (Å²) in [4.78, 5) is 4.17. The number of halogens is 2. The van der Waals surface area contributed by atoms with Crippen molar-refractivity contribution >= 4 is 28.8 Å². The van der Waals surface area contributed by atoms with Crippen molar-refractivity contribution in [1.29, 1.82) is 0 Å². The first-order valence-corrected chi connectivity index (χ1v) is 11.3. The average Bonchev–Trinajstić information content (AvgIpc) is 2.76. The van der Waals surface area contributed by atoms with Crippen LogP contribution in [0.1, 0.15) is 42.4 Å². The molecule has 0 unspecified atom stereocenters. The first-order valence-electron chi connectivity index (χ1n) is 10.5. The van der Waals surface area contributed by atoms with Crippen LogP contribution in [-0.2, 0) is 6.42 Å². The molecule has 0 aliphatic rings. The summed E-state index contributed by atoms with van der Waals surface area (Å²) < 4.78 is 0. The van der Waals surface area contributed by atoms with E-state index in [9.17, 15) is 0 Å². The molecule has 4 heteroatoms. The molecule has 0 bridgehead atoms. The first-order chi connectivity index (χ1) is 14.7. The van der Waals surface area contributed by atoms with Crippen molar-refractivity contribution in [3.8, 4) is 0 Å². The normalized spacial score (nSPS) is 10.7. The van der Waals surface area contributed by atoms with Gasteiger partial charge in [-0.1, -0.05) is 59.6 Å². The smallest absolute Gasteiger partial charge is 0.0412 e. The number of unbranched alkanes of at least 4 members (excludes halogenated alkanes) is 2. The highest BCUT2D eigenvalue weighted by Gasteiger charge is 2.06. The van der Waals surface area contributed by atoms with Crippen LogP contribution in [0.15, 0.2) is 79.1 Å². The van der Waals surface area contributed by atoms with E-state index >= 15 is 0 Å². The fraction of sp³-hybridized carbons (Fsp3) is 0.269. The Labute approximate surface area is 190 Å². The van der Waals surface area contributed by atoms with E-state index in [-0.39, 0.29) is 0 Å². The molecule has 3 rings (SSSR count). The second kappa shape index (κ2) is 12.5. The molecule has 0 fully saturated rings. The molecule has 2 nitrogen and oxygen atoms in total. The summed E-state index contributed by atoms with van der Waals surface area (Å²) >= 11 is 12.4. The third-order valence-electron chi connectivity index (χ3n) is 4.97. The first kappa shape index (κ1) is 22.6. The van der Waals surface area contributed by atoms with E-state index in [1.54, 1.807) is 0 Å². The van der Waals surface area contributed by atoms with Gasteiger partial charge in [-0.25, -0.2) is 0 Å². The summed E-state index contributed by atoms with van der Waals surface area (Å²) in [5.41, 5.74) is 4.73. The van der Waals surface area contributed by atoms with Crippen LogP contribution in [0.4, 0.5) is 0 Å². The maximum atomic E-state index is 6.22. The number of allylic oxidation sites excluding steroid dienone is 1. The van der Waals surface area contributed by atoms with Gasteiger partial charge in [0.05, 0.1) is 0 Å². The van der Waals surface area contributed by atoms with Gasteiger partial charge in [-0.15, -0.1) is 0 Å². The quantitative estimate of drug-likeness (QED) is 0.319. The minimum Gasteiger partial charge on any atom is -0.317 e. The molecular weight excluding hydrogens is 411 g/mol. The standard InChI is InChI=1S/C26H28Cl2N2/c27-24-12-5-10-22(18-24)26(23-11-6-13-25(28)19-23)14-2-4-16-29-15-3-1-8-21-9-7-17-30-20-21/h5-7,9-14,17-20,29H,1-4,8,15-16H2. The minimum absolute atomic E-state index is 0.744. The number of hydrogen-bond donors (Lipinski definition) is 1. The third-order valence-corrected chi connectivity index (χ3v) is 5.44. The number of aryl methyl sites for hydroxylation is 1. The summed E-state index contributed by atoms with van der Waals surface area (Å²) in [5, 5.41) is 5.04. The summed E-state index contributed by atoms with van der Waals surface area (Å²) in [6.07, 6.45) is 11.6. The van der Waals surface area contributed by atoms with Crippen molar-refractivity contribution in [3.63, 3.8) is 0 Å². The van der Waals surface area contributed by atoms with E-state index in [1.165, 1.54) is 24.0 Å². The molecule has 0 aliphatic carbocycles. The van der Waals surface area contributed by atoms with Crippen molar-refractivity contribution in [2.45, 2.75) is 32.1 Å². The molecular formula is C26H28Cl2N2. The van der Waals surface area contributed by atoms with Gasteiger partial charge in [0.15, 0.2) is 0 Å². The lowest BCUT2D eigenvalue weighted by Gasteiger charge is -2.10. The highest BCUT2D eigenvalue weighted by atomic mass is 35.5. The Morgan fingerprint density at radius 3 is 2.17 bits per heavy atom. The highest BCUT2D eigenvalue weighted by Crippen LogP contribution is 2.28. The number of aromatic nitrogens is 1. The summed E-state index contributed by atoms with van der Waals surface area (Å²) in [5.74, 6) is 0. The van der Waals surface area contributed by atoms with Gasteiger partial charge >= 0.3 is 0 Å². The van der Waals surface area contributed by atoms with Crippen molar-refractivity contribution in [2.24, 2.45) is 0 Å². The molecule has 0 radical (unpaired) electrons. The van der Waals surface area contributed by atoms with Gasteiger partial charge in [-0.05, 0) is 97.8 Å². The number of pyridine rings is 1. The topological polar surface area (TPSA) is 24.9 Å². The average molecular weight is 439 g/mol. The van der Waals surface area contributed by atoms with Gasteiger partial charge in [0.25, 0.3) is 0 Å². The predicted octanol–water partition coefficient (Wildman–Crippen LogP) is 7.21. The van der Waals surface area contributed by atoms with Gasteiger partial charge in [-0.2, -0.15) is 0 Å². The lowest BCUT2D eigenvalue weighted by atomic mass is 9.96. The molecule has 0 saturated carbocycles. The van der Waals surface area contributed by atoms with Crippen molar-refractivity contribution < 1.29 is 0 Å². The van der Waals surface area contributed by atoms with Crippen LogP contribution in [0.2, 0.25) is 10.0 Å². The van der Waals surface area contributed by atoms with Gasteiger partial charge in [0.1, 0.15) is 0 Å². The number of hydrogen-bond acceptors (Lipinski definition) is 2. The van der Waals surface area contributed by atoms with Crippen LogP contribution >= 0.6 is 23.2 Å². The van der Waals surface area contributed by atoms with E-state index in [2.05, 4.69) is 34.6 Å². The van der Waals surface area contributed by atoms with Crippen LogP contribution in [0.3, 0.4) is 0 Å². The van der Waals surface area contributed by atoms with Crippen LogP contribution in [0.25, 0.3) is 5.57 Å². The Morgan fingerprint density at radius 1 is 0.833 bits per heavy atom. The van der Waals surface area contributed by atoms with E-state index in [4.69, 9.17) is 23.2 Å². The molecule has 3 aromatic rings. The number of nitrogens with zero attached hydrogens (tertiary/aromatic N) is 1. The Morgan fingerprint density at radius 2 is 1.53 bits per heavy atom. The lowest BCUT2D eigenvalue weighted by molar-refractivity contribution is 0.606. The fourth-order valence-electron chi connectivity index (χ4n) is 3.44. The lowest BCUT2D eigenvalue weighted by Crippen LogP contribution is -2.16. The zero-order valence-electron chi connectivity index (χ0n) is 17.2. The molecule has 1 N–H and O–H groups in total. The van der Waals surface area contributed by atoms with E-state index < -0.39 is 0 Å². The number of nitrogens with one attached hydrogen (secondary N) is 1. The van der Waals surface area contributed by atoms with Gasteiger partial charge in [0.2, 0.25) is 0 Å². The maximum absolute atomic E-state index is 6.22. The second-order valence-electron chi connectivity index (χ2n) is 7.35. The summed E-state index contributed by atoms with van der Waals surface area (Å²) in [6.45, 7) is 2.07. The Balaban J connectivity index is 1.45. The minimum atomic E-state index is 0.744. The molecule has 156 valence electrons. The largest absolute Gasteiger partial charge is 0.317 e. The zero-order valence-corrected chi connectivity index (χ0v) is 18.7. The predicted molar refractivity (Wildman–Crippen MR) is 129 cm³/mol. The molecule has 1 heterocycles. The zero-order chi connectivity index (χ0) is 21.0. The van der Waals surface area contributed by atoms with E-state index in [1.807, 2.05) is 54.9 Å². The molecule has 0 saturated heterocycles. The molecule has 1 aromatic heterocycles. The Kier molecular flexibility index (Phi) is 9.43. The number of rotatable bonds is 11. The Bertz CT molecular complexity index is 891. The summed E-state index contributed by atoms with van der Waals surface area (Å²) in [6, 6.07) is 20.1.